The maximum absolute atomic E-state index is 13.1. The van der Waals surface area contributed by atoms with Crippen LogP contribution in [0.1, 0.15) is 25.6 Å². The second kappa shape index (κ2) is 8.77. The molecule has 0 saturated heterocycles. The number of rotatable bonds is 5. The summed E-state index contributed by atoms with van der Waals surface area (Å²) in [6.45, 7) is 1.79. The van der Waals surface area contributed by atoms with E-state index in [4.69, 9.17) is 11.6 Å². The van der Waals surface area contributed by atoms with Crippen LogP contribution in [0, 0.1) is 12.7 Å². The van der Waals surface area contributed by atoms with Crippen LogP contribution >= 0.6 is 34.7 Å². The van der Waals surface area contributed by atoms with Gasteiger partial charge in [0.2, 0.25) is 0 Å². The number of thiophene rings is 1. The number of aryl methyl sites for hydroxylation is 1. The van der Waals surface area contributed by atoms with Crippen molar-refractivity contribution in [2.24, 2.45) is 0 Å². The minimum absolute atomic E-state index is 0.0254. The van der Waals surface area contributed by atoms with Crippen molar-refractivity contribution >= 4 is 57.2 Å². The molecule has 0 aliphatic rings. The van der Waals surface area contributed by atoms with Crippen LogP contribution in [0.2, 0.25) is 5.02 Å². The lowest BCUT2D eigenvalue weighted by Gasteiger charge is -2.05. The monoisotopic (exact) mass is 434 g/mol. The highest BCUT2D eigenvalue weighted by atomic mass is 35.5. The van der Waals surface area contributed by atoms with Gasteiger partial charge in [0.1, 0.15) is 5.82 Å². The highest BCUT2D eigenvalue weighted by Crippen LogP contribution is 2.29. The number of carbonyl (C=O) groups is 2. The third kappa shape index (κ3) is 4.73. The molecule has 28 heavy (non-hydrogen) atoms. The van der Waals surface area contributed by atoms with Crippen LogP contribution in [0.25, 0.3) is 0 Å². The first-order valence-electron chi connectivity index (χ1n) is 8.19. The summed E-state index contributed by atoms with van der Waals surface area (Å²) in [5.41, 5.74) is 1.59. The summed E-state index contributed by atoms with van der Waals surface area (Å²) < 4.78 is 13.1. The van der Waals surface area contributed by atoms with Gasteiger partial charge in [-0.05, 0) is 67.3 Å². The van der Waals surface area contributed by atoms with Crippen molar-refractivity contribution in [2.75, 3.05) is 16.9 Å². The molecule has 3 aromatic rings. The van der Waals surface area contributed by atoms with E-state index in [0.717, 1.165) is 27.9 Å². The molecule has 0 bridgehead atoms. The van der Waals surface area contributed by atoms with Crippen molar-refractivity contribution in [1.82, 2.24) is 0 Å². The van der Waals surface area contributed by atoms with E-state index in [-0.39, 0.29) is 16.5 Å². The quantitative estimate of drug-likeness (QED) is 0.479. The van der Waals surface area contributed by atoms with Crippen LogP contribution in [0.5, 0.6) is 0 Å². The summed E-state index contributed by atoms with van der Waals surface area (Å²) in [5, 5.41) is 6.08. The fourth-order valence-electron chi connectivity index (χ4n) is 2.48. The van der Waals surface area contributed by atoms with Crippen molar-refractivity contribution < 1.29 is 14.0 Å². The minimum Gasteiger partial charge on any atom is -0.321 e. The molecule has 2 aromatic carbocycles. The zero-order valence-electron chi connectivity index (χ0n) is 15.0. The normalized spacial score (nSPS) is 10.6. The summed E-state index contributed by atoms with van der Waals surface area (Å²) in [5.74, 6) is -1.23. The Morgan fingerprint density at radius 3 is 2.39 bits per heavy atom. The molecule has 0 atom stereocenters. The van der Waals surface area contributed by atoms with Gasteiger partial charge >= 0.3 is 0 Å². The third-order valence-electron chi connectivity index (χ3n) is 3.88. The molecule has 1 aromatic heterocycles. The molecular weight excluding hydrogens is 419 g/mol. The van der Waals surface area contributed by atoms with E-state index in [9.17, 15) is 14.0 Å². The van der Waals surface area contributed by atoms with E-state index < -0.39 is 11.7 Å². The van der Waals surface area contributed by atoms with E-state index >= 15 is 0 Å². The highest BCUT2D eigenvalue weighted by molar-refractivity contribution is 7.98. The number of carbonyl (C=O) groups excluding carboxylic acids is 2. The van der Waals surface area contributed by atoms with Crippen LogP contribution in [0.15, 0.2) is 53.4 Å². The molecule has 0 unspecified atom stereocenters. The topological polar surface area (TPSA) is 58.2 Å². The van der Waals surface area contributed by atoms with Gasteiger partial charge < -0.3 is 10.6 Å². The zero-order valence-corrected chi connectivity index (χ0v) is 17.4. The van der Waals surface area contributed by atoms with Crippen LogP contribution in [0.4, 0.5) is 15.1 Å². The maximum Gasteiger partial charge on any atom is 0.266 e. The smallest absolute Gasteiger partial charge is 0.266 e. The summed E-state index contributed by atoms with van der Waals surface area (Å²) in [4.78, 5) is 26.5. The number of anilines is 2. The second-order valence-electron chi connectivity index (χ2n) is 5.88. The minimum atomic E-state index is -0.516. The summed E-state index contributed by atoms with van der Waals surface area (Å²) >= 11 is 8.71. The molecule has 0 aliphatic heterocycles. The van der Waals surface area contributed by atoms with E-state index in [1.165, 1.54) is 12.1 Å². The molecule has 0 radical (unpaired) electrons. The second-order valence-corrected chi connectivity index (χ2v) is 8.22. The van der Waals surface area contributed by atoms with Crippen molar-refractivity contribution in [1.29, 1.82) is 0 Å². The number of halogens is 2. The Hall–Kier alpha value is -2.35. The number of amides is 2. The molecule has 2 N–H and O–H groups in total. The summed E-state index contributed by atoms with van der Waals surface area (Å²) in [6, 6.07) is 12.8. The van der Waals surface area contributed by atoms with E-state index in [0.29, 0.717) is 15.6 Å². The van der Waals surface area contributed by atoms with Gasteiger partial charge in [0.05, 0.1) is 20.5 Å². The average Bonchev–Trinajstić information content (AvgIpc) is 3.02. The lowest BCUT2D eigenvalue weighted by atomic mass is 10.2. The number of hydrogen-bond donors (Lipinski definition) is 2. The van der Waals surface area contributed by atoms with E-state index in [1.54, 1.807) is 24.8 Å². The predicted molar refractivity (Wildman–Crippen MR) is 115 cm³/mol. The predicted octanol–water partition coefficient (Wildman–Crippen LogP) is 6.08. The molecule has 0 aliphatic carbocycles. The number of thioether (sulfide) groups is 1. The fraction of sp³-hybridized carbons (Fsp3) is 0.100. The molecule has 4 nitrogen and oxygen atoms in total. The van der Waals surface area contributed by atoms with Crippen LogP contribution in [-0.4, -0.2) is 18.1 Å². The van der Waals surface area contributed by atoms with Gasteiger partial charge in [0.25, 0.3) is 11.8 Å². The van der Waals surface area contributed by atoms with Crippen molar-refractivity contribution in [2.45, 2.75) is 11.8 Å². The Bertz CT molecular complexity index is 1040. The molecular formula is C20H16ClFN2O2S2. The van der Waals surface area contributed by atoms with Gasteiger partial charge in [0.15, 0.2) is 0 Å². The number of hydrogen-bond acceptors (Lipinski definition) is 4. The van der Waals surface area contributed by atoms with Gasteiger partial charge in [-0.3, -0.25) is 9.59 Å². The zero-order chi connectivity index (χ0) is 20.3. The Balaban J connectivity index is 1.72. The fourth-order valence-corrected chi connectivity index (χ4v) is 4.11. The van der Waals surface area contributed by atoms with Crippen LogP contribution in [0.3, 0.4) is 0 Å². The van der Waals surface area contributed by atoms with Crippen molar-refractivity contribution in [3.63, 3.8) is 0 Å². The molecule has 3 rings (SSSR count). The van der Waals surface area contributed by atoms with Gasteiger partial charge in [-0.25, -0.2) is 4.39 Å². The molecule has 0 saturated carbocycles. The lowest BCUT2D eigenvalue weighted by molar-refractivity contribution is 0.102. The highest BCUT2D eigenvalue weighted by Gasteiger charge is 2.17. The Labute approximate surface area is 175 Å². The van der Waals surface area contributed by atoms with Gasteiger partial charge in [-0.2, -0.15) is 0 Å². The Kier molecular flexibility index (Phi) is 6.39. The SMILES string of the molecule is CSc1ccc(NC(=O)c2sc(NC(=O)c3ccc(F)cc3Cl)cc2C)cc1. The molecule has 0 spiro atoms. The number of nitrogens with one attached hydrogen (secondary N) is 2. The first-order chi connectivity index (χ1) is 13.4. The summed E-state index contributed by atoms with van der Waals surface area (Å²) in [6.07, 6.45) is 1.98. The standard InChI is InChI=1S/C20H16ClFN2O2S2/c1-11-9-17(24-19(25)15-8-3-12(22)10-16(15)21)28-18(11)20(26)23-13-4-6-14(27-2)7-5-13/h3-10H,1-2H3,(H,23,26)(H,24,25). The van der Waals surface area contributed by atoms with Crippen molar-refractivity contribution in [3.8, 4) is 0 Å². The maximum atomic E-state index is 13.1. The van der Waals surface area contributed by atoms with Gasteiger partial charge in [0, 0.05) is 10.6 Å². The van der Waals surface area contributed by atoms with Gasteiger partial charge in [-0.1, -0.05) is 11.6 Å². The first kappa shape index (κ1) is 20.4. The largest absolute Gasteiger partial charge is 0.321 e. The Morgan fingerprint density at radius 1 is 1.04 bits per heavy atom. The van der Waals surface area contributed by atoms with Crippen molar-refractivity contribution in [3.05, 3.63) is 75.4 Å². The van der Waals surface area contributed by atoms with E-state index in [1.807, 2.05) is 30.5 Å². The van der Waals surface area contributed by atoms with Crippen LogP contribution < -0.4 is 10.6 Å². The lowest BCUT2D eigenvalue weighted by Crippen LogP contribution is -2.12. The van der Waals surface area contributed by atoms with Crippen LogP contribution in [-0.2, 0) is 0 Å². The summed E-state index contributed by atoms with van der Waals surface area (Å²) in [7, 11) is 0. The first-order valence-corrected chi connectivity index (χ1v) is 10.6. The molecule has 8 heteroatoms. The molecule has 2 amide bonds. The third-order valence-corrected chi connectivity index (χ3v) is 6.09. The molecule has 0 fully saturated rings. The Morgan fingerprint density at radius 2 is 1.75 bits per heavy atom. The van der Waals surface area contributed by atoms with Gasteiger partial charge in [-0.15, -0.1) is 23.1 Å². The molecule has 144 valence electrons. The van der Waals surface area contributed by atoms with E-state index in [2.05, 4.69) is 10.6 Å². The molecule has 1 heterocycles. The average molecular weight is 435 g/mol. The number of benzene rings is 2.